The standard InChI is InChI=1S/C19H16FN3O3/c20-14-7-5-13(6-8-14)19(24)22-15-9-21-23(10-15)11-16-12-25-17-3-1-2-4-18(17)26-16/h1-10,16H,11-12H2,(H,22,24). The molecular formula is C19H16FN3O3. The molecule has 6 nitrogen and oxygen atoms in total. The molecule has 26 heavy (non-hydrogen) atoms. The van der Waals surface area contributed by atoms with Crippen molar-refractivity contribution < 1.29 is 18.7 Å². The number of amides is 1. The summed E-state index contributed by atoms with van der Waals surface area (Å²) in [5, 5.41) is 6.97. The van der Waals surface area contributed by atoms with Gasteiger partial charge in [0.25, 0.3) is 5.91 Å². The van der Waals surface area contributed by atoms with Crippen LogP contribution < -0.4 is 14.8 Å². The van der Waals surface area contributed by atoms with Crippen molar-refractivity contribution in [2.45, 2.75) is 12.6 Å². The molecule has 7 heteroatoms. The van der Waals surface area contributed by atoms with E-state index in [1.54, 1.807) is 17.1 Å². The lowest BCUT2D eigenvalue weighted by Crippen LogP contribution is -2.33. The van der Waals surface area contributed by atoms with Crippen LogP contribution in [0.3, 0.4) is 0 Å². The zero-order chi connectivity index (χ0) is 17.9. The van der Waals surface area contributed by atoms with Gasteiger partial charge in [-0.3, -0.25) is 9.48 Å². The number of carbonyl (C=O) groups is 1. The largest absolute Gasteiger partial charge is 0.486 e. The molecule has 0 saturated carbocycles. The number of ether oxygens (including phenoxy) is 2. The molecule has 0 aliphatic carbocycles. The van der Waals surface area contributed by atoms with Gasteiger partial charge in [-0.2, -0.15) is 5.10 Å². The van der Waals surface area contributed by atoms with Crippen molar-refractivity contribution in [2.75, 3.05) is 11.9 Å². The molecule has 1 aliphatic rings. The minimum absolute atomic E-state index is 0.176. The lowest BCUT2D eigenvalue weighted by Gasteiger charge is -2.26. The number of carbonyl (C=O) groups excluding carboxylic acids is 1. The van der Waals surface area contributed by atoms with Gasteiger partial charge in [0.05, 0.1) is 18.4 Å². The monoisotopic (exact) mass is 353 g/mol. The van der Waals surface area contributed by atoms with Crippen LogP contribution in [0.15, 0.2) is 60.9 Å². The Balaban J connectivity index is 1.38. The predicted octanol–water partition coefficient (Wildman–Crippen LogP) is 3.11. The Morgan fingerprint density at radius 2 is 1.96 bits per heavy atom. The fourth-order valence-corrected chi connectivity index (χ4v) is 2.69. The van der Waals surface area contributed by atoms with Gasteiger partial charge in [0.1, 0.15) is 12.4 Å². The Labute approximate surface area is 149 Å². The van der Waals surface area contributed by atoms with Crippen LogP contribution in [0, 0.1) is 5.82 Å². The highest BCUT2D eigenvalue weighted by Gasteiger charge is 2.21. The van der Waals surface area contributed by atoms with Gasteiger partial charge in [0.15, 0.2) is 17.6 Å². The summed E-state index contributed by atoms with van der Waals surface area (Å²) >= 11 is 0. The van der Waals surface area contributed by atoms with Crippen LogP contribution in [0.5, 0.6) is 11.5 Å². The topological polar surface area (TPSA) is 65.4 Å². The molecular weight excluding hydrogens is 337 g/mol. The third-order valence-corrected chi connectivity index (χ3v) is 3.96. The van der Waals surface area contributed by atoms with Crippen LogP contribution >= 0.6 is 0 Å². The number of halogens is 1. The van der Waals surface area contributed by atoms with E-state index in [0.29, 0.717) is 30.2 Å². The first kappa shape index (κ1) is 16.1. The summed E-state index contributed by atoms with van der Waals surface area (Å²) in [5.74, 6) is 0.735. The van der Waals surface area contributed by atoms with Crippen LogP contribution in [0.25, 0.3) is 0 Å². The molecule has 1 N–H and O–H groups in total. The first-order valence-electron chi connectivity index (χ1n) is 8.15. The lowest BCUT2D eigenvalue weighted by atomic mass is 10.2. The second-order valence-electron chi connectivity index (χ2n) is 5.91. The molecule has 1 amide bonds. The molecule has 0 spiro atoms. The molecule has 1 atom stereocenters. The maximum Gasteiger partial charge on any atom is 0.255 e. The Morgan fingerprint density at radius 1 is 1.19 bits per heavy atom. The van der Waals surface area contributed by atoms with Gasteiger partial charge in [-0.1, -0.05) is 12.1 Å². The Hall–Kier alpha value is -3.35. The van der Waals surface area contributed by atoms with E-state index in [1.807, 2.05) is 24.3 Å². The van der Waals surface area contributed by atoms with Crippen LogP contribution in [0.4, 0.5) is 10.1 Å². The van der Waals surface area contributed by atoms with Crippen LogP contribution in [-0.2, 0) is 6.54 Å². The summed E-state index contributed by atoms with van der Waals surface area (Å²) in [6.45, 7) is 0.912. The maximum absolute atomic E-state index is 12.9. The van der Waals surface area contributed by atoms with Crippen molar-refractivity contribution in [1.29, 1.82) is 0 Å². The van der Waals surface area contributed by atoms with E-state index in [2.05, 4.69) is 10.4 Å². The van der Waals surface area contributed by atoms with E-state index < -0.39 is 0 Å². The van der Waals surface area contributed by atoms with E-state index in [4.69, 9.17) is 9.47 Å². The summed E-state index contributed by atoms with van der Waals surface area (Å²) in [5.41, 5.74) is 0.927. The van der Waals surface area contributed by atoms with Gasteiger partial charge in [-0.05, 0) is 36.4 Å². The molecule has 1 aliphatic heterocycles. The Bertz CT molecular complexity index is 924. The molecule has 1 unspecified atom stereocenters. The van der Waals surface area contributed by atoms with E-state index in [-0.39, 0.29) is 17.8 Å². The number of nitrogens with zero attached hydrogens (tertiary/aromatic N) is 2. The number of hydrogen-bond donors (Lipinski definition) is 1. The number of hydrogen-bond acceptors (Lipinski definition) is 4. The van der Waals surface area contributed by atoms with Crippen LogP contribution in [0.1, 0.15) is 10.4 Å². The summed E-state index contributed by atoms with van der Waals surface area (Å²) in [4.78, 5) is 12.1. The van der Waals surface area contributed by atoms with Crippen molar-refractivity contribution in [1.82, 2.24) is 9.78 Å². The molecule has 2 aromatic carbocycles. The third kappa shape index (κ3) is 3.51. The van der Waals surface area contributed by atoms with Crippen molar-refractivity contribution in [3.05, 3.63) is 72.3 Å². The minimum Gasteiger partial charge on any atom is -0.486 e. The number of nitrogens with one attached hydrogen (secondary N) is 1. The number of aromatic nitrogens is 2. The van der Waals surface area contributed by atoms with Crippen molar-refractivity contribution in [2.24, 2.45) is 0 Å². The van der Waals surface area contributed by atoms with Crippen molar-refractivity contribution in [3.63, 3.8) is 0 Å². The molecule has 0 radical (unpaired) electrons. The highest BCUT2D eigenvalue weighted by atomic mass is 19.1. The molecule has 4 rings (SSSR count). The molecule has 132 valence electrons. The number of rotatable bonds is 4. The zero-order valence-corrected chi connectivity index (χ0v) is 13.8. The van der Waals surface area contributed by atoms with Gasteiger partial charge >= 0.3 is 0 Å². The maximum atomic E-state index is 12.9. The van der Waals surface area contributed by atoms with E-state index in [9.17, 15) is 9.18 Å². The van der Waals surface area contributed by atoms with E-state index >= 15 is 0 Å². The van der Waals surface area contributed by atoms with E-state index in [0.717, 1.165) is 5.75 Å². The smallest absolute Gasteiger partial charge is 0.255 e. The fraction of sp³-hybridized carbons (Fsp3) is 0.158. The molecule has 2 heterocycles. The van der Waals surface area contributed by atoms with Crippen LogP contribution in [0.2, 0.25) is 0 Å². The van der Waals surface area contributed by atoms with Crippen molar-refractivity contribution in [3.8, 4) is 11.5 Å². The lowest BCUT2D eigenvalue weighted by molar-refractivity contribution is 0.0759. The quantitative estimate of drug-likeness (QED) is 0.783. The zero-order valence-electron chi connectivity index (χ0n) is 13.8. The normalized spacial score (nSPS) is 15.5. The fourth-order valence-electron chi connectivity index (χ4n) is 2.69. The van der Waals surface area contributed by atoms with Gasteiger partial charge in [0, 0.05) is 11.8 Å². The van der Waals surface area contributed by atoms with E-state index in [1.165, 1.54) is 24.3 Å². The predicted molar refractivity (Wildman–Crippen MR) is 92.9 cm³/mol. The SMILES string of the molecule is O=C(Nc1cnn(CC2COc3ccccc3O2)c1)c1ccc(F)cc1. The first-order valence-corrected chi connectivity index (χ1v) is 8.15. The Kier molecular flexibility index (Phi) is 4.27. The van der Waals surface area contributed by atoms with Gasteiger partial charge in [0.2, 0.25) is 0 Å². The number of fused-ring (bicyclic) bond motifs is 1. The highest BCUT2D eigenvalue weighted by Crippen LogP contribution is 2.31. The van der Waals surface area contributed by atoms with Gasteiger partial charge in [-0.25, -0.2) is 4.39 Å². The molecule has 0 saturated heterocycles. The number of para-hydroxylation sites is 2. The summed E-state index contributed by atoms with van der Waals surface area (Å²) in [6.07, 6.45) is 3.09. The minimum atomic E-state index is -0.384. The summed E-state index contributed by atoms with van der Waals surface area (Å²) < 4.78 is 26.2. The van der Waals surface area contributed by atoms with Gasteiger partial charge < -0.3 is 14.8 Å². The average Bonchev–Trinajstić information content (AvgIpc) is 3.09. The van der Waals surface area contributed by atoms with Gasteiger partial charge in [-0.15, -0.1) is 0 Å². The molecule has 3 aromatic rings. The number of anilines is 1. The molecule has 1 aromatic heterocycles. The highest BCUT2D eigenvalue weighted by molar-refractivity contribution is 6.04. The second kappa shape index (κ2) is 6.87. The number of benzene rings is 2. The van der Waals surface area contributed by atoms with Crippen LogP contribution in [-0.4, -0.2) is 28.4 Å². The average molecular weight is 353 g/mol. The third-order valence-electron chi connectivity index (χ3n) is 3.96. The summed E-state index contributed by atoms with van der Waals surface area (Å²) in [6, 6.07) is 12.9. The second-order valence-corrected chi connectivity index (χ2v) is 5.91. The summed E-state index contributed by atoms with van der Waals surface area (Å²) in [7, 11) is 0. The molecule has 0 fully saturated rings. The molecule has 0 bridgehead atoms. The van der Waals surface area contributed by atoms with Crippen molar-refractivity contribution >= 4 is 11.6 Å². The Morgan fingerprint density at radius 3 is 2.77 bits per heavy atom. The first-order chi connectivity index (χ1) is 12.7.